The zero-order valence-electron chi connectivity index (χ0n) is 11.2. The highest BCUT2D eigenvalue weighted by atomic mass is 16.5. The minimum absolute atomic E-state index is 0.0667. The minimum Gasteiger partial charge on any atom is -0.508 e. The third-order valence-corrected chi connectivity index (χ3v) is 2.96. The molecule has 0 aliphatic heterocycles. The van der Waals surface area contributed by atoms with E-state index in [-0.39, 0.29) is 17.1 Å². The van der Waals surface area contributed by atoms with Crippen LogP contribution in [0.15, 0.2) is 42.5 Å². The zero-order valence-corrected chi connectivity index (χ0v) is 11.2. The van der Waals surface area contributed by atoms with Crippen LogP contribution in [-0.4, -0.2) is 30.3 Å². The first kappa shape index (κ1) is 13.7. The predicted octanol–water partition coefficient (Wildman–Crippen LogP) is 2.38. The molecule has 1 amide bonds. The van der Waals surface area contributed by atoms with Gasteiger partial charge in [-0.1, -0.05) is 6.07 Å². The van der Waals surface area contributed by atoms with Crippen molar-refractivity contribution >= 4 is 11.6 Å². The first-order valence-corrected chi connectivity index (χ1v) is 5.97. The van der Waals surface area contributed by atoms with Crippen LogP contribution in [0.3, 0.4) is 0 Å². The second kappa shape index (κ2) is 5.52. The van der Waals surface area contributed by atoms with E-state index in [0.717, 1.165) is 0 Å². The molecule has 0 heterocycles. The summed E-state index contributed by atoms with van der Waals surface area (Å²) in [5.74, 6) is 0.0299. The number of rotatable bonds is 3. The lowest BCUT2D eigenvalue weighted by atomic mass is 10.1. The monoisotopic (exact) mass is 273 g/mol. The Hall–Kier alpha value is -2.69. The summed E-state index contributed by atoms with van der Waals surface area (Å²) in [5.41, 5.74) is 0.660. The fourth-order valence-corrected chi connectivity index (χ4v) is 1.81. The Morgan fingerprint density at radius 1 is 1.15 bits per heavy atom. The molecule has 0 atom stereocenters. The number of carbonyl (C=O) groups excluding carboxylic acids is 1. The second-order valence-electron chi connectivity index (χ2n) is 4.27. The highest BCUT2D eigenvalue weighted by Gasteiger charge is 2.18. The number of hydrogen-bond acceptors (Lipinski definition) is 4. The van der Waals surface area contributed by atoms with Gasteiger partial charge >= 0.3 is 0 Å². The van der Waals surface area contributed by atoms with Crippen molar-refractivity contribution in [1.29, 1.82) is 0 Å². The maximum atomic E-state index is 12.4. The van der Waals surface area contributed by atoms with Crippen LogP contribution >= 0.6 is 0 Å². The number of carbonyl (C=O) groups is 1. The van der Waals surface area contributed by atoms with Crippen molar-refractivity contribution in [3.8, 4) is 17.2 Å². The molecule has 0 saturated carbocycles. The van der Waals surface area contributed by atoms with Crippen molar-refractivity contribution in [3.05, 3.63) is 48.0 Å². The first-order chi connectivity index (χ1) is 9.52. The first-order valence-electron chi connectivity index (χ1n) is 5.97. The van der Waals surface area contributed by atoms with Crippen molar-refractivity contribution in [2.45, 2.75) is 0 Å². The van der Waals surface area contributed by atoms with E-state index in [1.807, 2.05) is 0 Å². The molecule has 0 saturated heterocycles. The van der Waals surface area contributed by atoms with Gasteiger partial charge in [-0.05, 0) is 30.3 Å². The van der Waals surface area contributed by atoms with Gasteiger partial charge in [-0.3, -0.25) is 4.79 Å². The Labute approximate surface area is 116 Å². The smallest absolute Gasteiger partial charge is 0.261 e. The van der Waals surface area contributed by atoms with E-state index in [1.54, 1.807) is 25.2 Å². The molecule has 2 aromatic carbocycles. The summed E-state index contributed by atoms with van der Waals surface area (Å²) in [4.78, 5) is 13.7. The third-order valence-electron chi connectivity index (χ3n) is 2.96. The molecule has 0 spiro atoms. The lowest BCUT2D eigenvalue weighted by Gasteiger charge is -2.18. The predicted molar refractivity (Wildman–Crippen MR) is 75.5 cm³/mol. The van der Waals surface area contributed by atoms with Crippen molar-refractivity contribution < 1.29 is 19.7 Å². The zero-order chi connectivity index (χ0) is 14.7. The van der Waals surface area contributed by atoms with Crippen LogP contribution in [-0.2, 0) is 0 Å². The summed E-state index contributed by atoms with van der Waals surface area (Å²) < 4.78 is 5.04. The Bertz CT molecular complexity index is 640. The maximum absolute atomic E-state index is 12.4. The average molecular weight is 273 g/mol. The molecule has 5 nitrogen and oxygen atoms in total. The summed E-state index contributed by atoms with van der Waals surface area (Å²) in [6, 6.07) is 10.8. The molecule has 0 aliphatic carbocycles. The lowest BCUT2D eigenvalue weighted by Crippen LogP contribution is -2.26. The molecule has 0 bridgehead atoms. The van der Waals surface area contributed by atoms with Crippen LogP contribution in [0.4, 0.5) is 5.69 Å². The van der Waals surface area contributed by atoms with Crippen LogP contribution in [0.2, 0.25) is 0 Å². The number of nitrogens with zero attached hydrogens (tertiary/aromatic N) is 1. The number of phenols is 2. The molecule has 5 heteroatoms. The fraction of sp³-hybridized carbons (Fsp3) is 0.133. The van der Waals surface area contributed by atoms with E-state index in [0.29, 0.717) is 11.4 Å². The quantitative estimate of drug-likeness (QED) is 0.900. The number of benzene rings is 2. The van der Waals surface area contributed by atoms with Crippen molar-refractivity contribution in [1.82, 2.24) is 0 Å². The third kappa shape index (κ3) is 2.66. The van der Waals surface area contributed by atoms with Gasteiger partial charge in [0, 0.05) is 18.8 Å². The molecule has 2 N–H and O–H groups in total. The molecule has 2 aromatic rings. The van der Waals surface area contributed by atoms with Gasteiger partial charge in [-0.15, -0.1) is 0 Å². The van der Waals surface area contributed by atoms with Crippen molar-refractivity contribution in [2.75, 3.05) is 19.1 Å². The SMILES string of the molecule is COc1ccc(O)c(C(=O)N(C)c2cccc(O)c2)c1. The Morgan fingerprint density at radius 3 is 2.55 bits per heavy atom. The van der Waals surface area contributed by atoms with Crippen LogP contribution in [0.5, 0.6) is 17.2 Å². The molecule has 0 fully saturated rings. The number of ether oxygens (including phenoxy) is 1. The van der Waals surface area contributed by atoms with E-state index in [1.165, 1.54) is 36.3 Å². The van der Waals surface area contributed by atoms with E-state index < -0.39 is 5.91 Å². The highest BCUT2D eigenvalue weighted by Crippen LogP contribution is 2.26. The summed E-state index contributed by atoms with van der Waals surface area (Å²) in [7, 11) is 3.05. The topological polar surface area (TPSA) is 70.0 Å². The van der Waals surface area contributed by atoms with Crippen LogP contribution in [0, 0.1) is 0 Å². The van der Waals surface area contributed by atoms with Gasteiger partial charge in [0.25, 0.3) is 5.91 Å². The molecule has 20 heavy (non-hydrogen) atoms. The highest BCUT2D eigenvalue weighted by molar-refractivity contribution is 6.07. The van der Waals surface area contributed by atoms with E-state index in [4.69, 9.17) is 4.74 Å². The number of anilines is 1. The number of aromatic hydroxyl groups is 2. The van der Waals surface area contributed by atoms with Gasteiger partial charge < -0.3 is 19.8 Å². The van der Waals surface area contributed by atoms with E-state index in [9.17, 15) is 15.0 Å². The number of phenolic OH excluding ortho intramolecular Hbond substituents is 2. The van der Waals surface area contributed by atoms with Gasteiger partial charge in [-0.25, -0.2) is 0 Å². The fourth-order valence-electron chi connectivity index (χ4n) is 1.81. The molecular formula is C15H15NO4. The molecule has 0 unspecified atom stereocenters. The van der Waals surface area contributed by atoms with Gasteiger partial charge in [0.1, 0.15) is 17.2 Å². The van der Waals surface area contributed by atoms with Gasteiger partial charge in [0.05, 0.1) is 12.7 Å². The largest absolute Gasteiger partial charge is 0.508 e. The number of methoxy groups -OCH3 is 1. The second-order valence-corrected chi connectivity index (χ2v) is 4.27. The molecule has 0 radical (unpaired) electrons. The maximum Gasteiger partial charge on any atom is 0.261 e. The standard InChI is InChI=1S/C15H15NO4/c1-16(10-4-3-5-11(17)8-10)15(19)13-9-12(20-2)6-7-14(13)18/h3-9,17-18H,1-2H3. The number of amides is 1. The molecule has 0 aliphatic rings. The van der Waals surface area contributed by atoms with Gasteiger partial charge in [-0.2, -0.15) is 0 Å². The molecular weight excluding hydrogens is 258 g/mol. The van der Waals surface area contributed by atoms with Crippen LogP contribution in [0.1, 0.15) is 10.4 Å². The summed E-state index contributed by atoms with van der Waals surface area (Å²) >= 11 is 0. The molecule has 0 aromatic heterocycles. The summed E-state index contributed by atoms with van der Waals surface area (Å²) in [5, 5.41) is 19.2. The average Bonchev–Trinajstić information content (AvgIpc) is 2.46. The van der Waals surface area contributed by atoms with E-state index in [2.05, 4.69) is 0 Å². The van der Waals surface area contributed by atoms with Gasteiger partial charge in [0.15, 0.2) is 0 Å². The Balaban J connectivity index is 2.36. The normalized spacial score (nSPS) is 10.1. The van der Waals surface area contributed by atoms with Gasteiger partial charge in [0.2, 0.25) is 0 Å². The minimum atomic E-state index is -0.396. The molecule has 104 valence electrons. The Morgan fingerprint density at radius 2 is 1.90 bits per heavy atom. The number of hydrogen-bond donors (Lipinski definition) is 2. The van der Waals surface area contributed by atoms with Crippen molar-refractivity contribution in [2.24, 2.45) is 0 Å². The van der Waals surface area contributed by atoms with Crippen LogP contribution < -0.4 is 9.64 Å². The lowest BCUT2D eigenvalue weighted by molar-refractivity contribution is 0.0990. The van der Waals surface area contributed by atoms with E-state index >= 15 is 0 Å². The Kier molecular flexibility index (Phi) is 3.79. The van der Waals surface area contributed by atoms with Crippen LogP contribution in [0.25, 0.3) is 0 Å². The molecule has 2 rings (SSSR count). The summed E-state index contributed by atoms with van der Waals surface area (Å²) in [6.45, 7) is 0. The van der Waals surface area contributed by atoms with Crippen molar-refractivity contribution in [3.63, 3.8) is 0 Å². The summed E-state index contributed by atoms with van der Waals surface area (Å²) in [6.07, 6.45) is 0.